The molecule has 1 N–H and O–H groups in total. The van der Waals surface area contributed by atoms with Crippen LogP contribution in [0, 0.1) is 0 Å². The van der Waals surface area contributed by atoms with E-state index in [1.165, 1.54) is 6.26 Å². The number of aromatic amines is 1. The SMILES string of the molecule is CCOC(=O)N1CCc2c([nH]c3ccc(Cl)cc23)C1c1coc2ccccc2c1=O. The summed E-state index contributed by atoms with van der Waals surface area (Å²) < 4.78 is 11.0. The first-order chi connectivity index (χ1) is 14.6. The normalized spacial score (nSPS) is 16.1. The van der Waals surface area contributed by atoms with Gasteiger partial charge in [0.25, 0.3) is 0 Å². The molecule has 0 saturated carbocycles. The second-order valence-corrected chi connectivity index (χ2v) is 7.70. The quantitative estimate of drug-likeness (QED) is 0.491. The summed E-state index contributed by atoms with van der Waals surface area (Å²) in [4.78, 5) is 31.1. The number of benzene rings is 2. The molecule has 0 spiro atoms. The van der Waals surface area contributed by atoms with Gasteiger partial charge in [-0.3, -0.25) is 9.69 Å². The van der Waals surface area contributed by atoms with Crippen LogP contribution in [0.2, 0.25) is 5.02 Å². The van der Waals surface area contributed by atoms with E-state index in [2.05, 4.69) is 4.98 Å². The van der Waals surface area contributed by atoms with E-state index < -0.39 is 12.1 Å². The lowest BCUT2D eigenvalue weighted by molar-refractivity contribution is 0.0928. The summed E-state index contributed by atoms with van der Waals surface area (Å²) in [6, 6.07) is 12.1. The Labute approximate surface area is 177 Å². The highest BCUT2D eigenvalue weighted by Crippen LogP contribution is 2.38. The highest BCUT2D eigenvalue weighted by molar-refractivity contribution is 6.31. The molecule has 2 aromatic carbocycles. The number of aromatic nitrogens is 1. The number of nitrogens with zero attached hydrogens (tertiary/aromatic N) is 1. The minimum Gasteiger partial charge on any atom is -0.464 e. The van der Waals surface area contributed by atoms with E-state index in [1.54, 1.807) is 30.0 Å². The zero-order chi connectivity index (χ0) is 20.8. The molecule has 0 saturated heterocycles. The summed E-state index contributed by atoms with van der Waals surface area (Å²) >= 11 is 6.22. The van der Waals surface area contributed by atoms with E-state index in [4.69, 9.17) is 20.8 Å². The Kier molecular flexibility index (Phi) is 4.51. The number of carbonyl (C=O) groups excluding carboxylic acids is 1. The number of hydrogen-bond donors (Lipinski definition) is 1. The smallest absolute Gasteiger partial charge is 0.410 e. The van der Waals surface area contributed by atoms with Gasteiger partial charge in [-0.1, -0.05) is 23.7 Å². The summed E-state index contributed by atoms with van der Waals surface area (Å²) in [6.07, 6.45) is 1.62. The van der Waals surface area contributed by atoms with Gasteiger partial charge in [-0.15, -0.1) is 0 Å². The van der Waals surface area contributed by atoms with Gasteiger partial charge in [0.15, 0.2) is 5.43 Å². The number of ether oxygens (including phenoxy) is 1. The lowest BCUT2D eigenvalue weighted by Gasteiger charge is -2.34. The van der Waals surface area contributed by atoms with Crippen molar-refractivity contribution in [2.75, 3.05) is 13.2 Å². The zero-order valence-electron chi connectivity index (χ0n) is 16.3. The first-order valence-electron chi connectivity index (χ1n) is 9.82. The molecule has 7 heteroatoms. The van der Waals surface area contributed by atoms with Crippen LogP contribution in [-0.2, 0) is 11.2 Å². The Morgan fingerprint density at radius 3 is 2.93 bits per heavy atom. The summed E-state index contributed by atoms with van der Waals surface area (Å²) in [5.74, 6) is 0. The van der Waals surface area contributed by atoms with Crippen molar-refractivity contribution in [2.45, 2.75) is 19.4 Å². The van der Waals surface area contributed by atoms with E-state index >= 15 is 0 Å². The maximum absolute atomic E-state index is 13.4. The average molecular weight is 423 g/mol. The van der Waals surface area contributed by atoms with Crippen molar-refractivity contribution < 1.29 is 13.9 Å². The second-order valence-electron chi connectivity index (χ2n) is 7.27. The monoisotopic (exact) mass is 422 g/mol. The van der Waals surface area contributed by atoms with E-state index in [0.29, 0.717) is 34.5 Å². The highest BCUT2D eigenvalue weighted by atomic mass is 35.5. The van der Waals surface area contributed by atoms with Crippen molar-refractivity contribution in [3.05, 3.63) is 80.8 Å². The van der Waals surface area contributed by atoms with Gasteiger partial charge in [0.1, 0.15) is 17.9 Å². The van der Waals surface area contributed by atoms with Crippen LogP contribution in [-0.4, -0.2) is 29.1 Å². The van der Waals surface area contributed by atoms with E-state index in [9.17, 15) is 9.59 Å². The fourth-order valence-electron chi connectivity index (χ4n) is 4.27. The predicted molar refractivity (Wildman–Crippen MR) is 115 cm³/mol. The molecule has 1 unspecified atom stereocenters. The Morgan fingerprint density at radius 2 is 2.10 bits per heavy atom. The molecule has 0 bridgehead atoms. The van der Waals surface area contributed by atoms with E-state index in [-0.39, 0.29) is 12.0 Å². The topological polar surface area (TPSA) is 75.5 Å². The molecule has 1 aliphatic heterocycles. The summed E-state index contributed by atoms with van der Waals surface area (Å²) in [6.45, 7) is 2.43. The van der Waals surface area contributed by atoms with Gasteiger partial charge in [0.05, 0.1) is 17.6 Å². The van der Waals surface area contributed by atoms with Gasteiger partial charge >= 0.3 is 6.09 Å². The van der Waals surface area contributed by atoms with Crippen LogP contribution in [0.25, 0.3) is 21.9 Å². The fraction of sp³-hybridized carbons (Fsp3) is 0.217. The number of fused-ring (bicyclic) bond motifs is 4. The van der Waals surface area contributed by atoms with Gasteiger partial charge in [-0.05, 0) is 49.2 Å². The number of nitrogens with one attached hydrogen (secondary N) is 1. The minimum absolute atomic E-state index is 0.166. The maximum Gasteiger partial charge on any atom is 0.410 e. The van der Waals surface area contributed by atoms with Gasteiger partial charge in [-0.2, -0.15) is 0 Å². The molecule has 1 amide bonds. The molecule has 2 aromatic heterocycles. The van der Waals surface area contributed by atoms with E-state index in [0.717, 1.165) is 22.2 Å². The number of hydrogen-bond acceptors (Lipinski definition) is 4. The number of carbonyl (C=O) groups is 1. The van der Waals surface area contributed by atoms with Crippen LogP contribution in [0.15, 0.2) is 57.9 Å². The molecule has 152 valence electrons. The first kappa shape index (κ1) is 18.8. The van der Waals surface area contributed by atoms with Gasteiger partial charge in [0.2, 0.25) is 0 Å². The molecule has 4 aromatic rings. The van der Waals surface area contributed by atoms with Gasteiger partial charge < -0.3 is 14.1 Å². The van der Waals surface area contributed by atoms with Crippen molar-refractivity contribution in [3.63, 3.8) is 0 Å². The molecule has 0 aliphatic carbocycles. The molecule has 0 radical (unpaired) electrons. The number of rotatable bonds is 2. The molecule has 1 aliphatic rings. The first-order valence-corrected chi connectivity index (χ1v) is 10.2. The molecule has 0 fully saturated rings. The highest BCUT2D eigenvalue weighted by Gasteiger charge is 2.37. The lowest BCUT2D eigenvalue weighted by Crippen LogP contribution is -2.42. The molecule has 5 rings (SSSR count). The van der Waals surface area contributed by atoms with Crippen molar-refractivity contribution in [3.8, 4) is 0 Å². The summed E-state index contributed by atoms with van der Waals surface area (Å²) in [5.41, 5.74) is 3.47. The standard InChI is InChI=1S/C23H19ClN2O4/c1-2-29-23(28)26-10-9-14-16-11-13(24)7-8-18(16)25-20(14)21(26)17-12-30-19-6-4-3-5-15(19)22(17)27/h3-8,11-12,21,25H,2,9-10H2,1H3. The van der Waals surface area contributed by atoms with Crippen molar-refractivity contribution >= 4 is 39.6 Å². The molecular weight excluding hydrogens is 404 g/mol. The number of H-pyrrole nitrogens is 1. The molecule has 6 nitrogen and oxygen atoms in total. The molecular formula is C23H19ClN2O4. The molecule has 3 heterocycles. The Balaban J connectivity index is 1.76. The van der Waals surface area contributed by atoms with Crippen molar-refractivity contribution in [1.29, 1.82) is 0 Å². The van der Waals surface area contributed by atoms with E-state index in [1.807, 2.05) is 24.3 Å². The van der Waals surface area contributed by atoms with Crippen LogP contribution < -0.4 is 5.43 Å². The van der Waals surface area contributed by atoms with Crippen LogP contribution in [0.5, 0.6) is 0 Å². The third kappa shape index (κ3) is 2.87. The summed E-state index contributed by atoms with van der Waals surface area (Å²) in [7, 11) is 0. The van der Waals surface area contributed by atoms with Gasteiger partial charge in [0, 0.05) is 28.2 Å². The second kappa shape index (κ2) is 7.22. The lowest BCUT2D eigenvalue weighted by atomic mass is 9.93. The number of halogens is 1. The molecule has 1 atom stereocenters. The zero-order valence-corrected chi connectivity index (χ0v) is 17.0. The fourth-order valence-corrected chi connectivity index (χ4v) is 4.44. The van der Waals surface area contributed by atoms with Crippen LogP contribution >= 0.6 is 11.6 Å². The van der Waals surface area contributed by atoms with Crippen LogP contribution in [0.4, 0.5) is 4.79 Å². The minimum atomic E-state index is -0.639. The molecule has 30 heavy (non-hydrogen) atoms. The third-order valence-corrected chi connectivity index (χ3v) is 5.83. The number of para-hydroxylation sites is 1. The van der Waals surface area contributed by atoms with Crippen molar-refractivity contribution in [1.82, 2.24) is 9.88 Å². The van der Waals surface area contributed by atoms with Crippen molar-refractivity contribution in [2.24, 2.45) is 0 Å². The Hall–Kier alpha value is -3.25. The average Bonchev–Trinajstić information content (AvgIpc) is 3.12. The van der Waals surface area contributed by atoms with Gasteiger partial charge in [-0.25, -0.2) is 4.79 Å². The Morgan fingerprint density at radius 1 is 1.27 bits per heavy atom. The maximum atomic E-state index is 13.4. The largest absolute Gasteiger partial charge is 0.464 e. The Bertz CT molecular complexity index is 1340. The predicted octanol–water partition coefficient (Wildman–Crippen LogP) is 5.03. The van der Waals surface area contributed by atoms with Crippen LogP contribution in [0.1, 0.15) is 29.8 Å². The third-order valence-electron chi connectivity index (χ3n) is 5.59. The number of amides is 1. The summed E-state index contributed by atoms with van der Waals surface area (Å²) in [5, 5.41) is 2.11. The van der Waals surface area contributed by atoms with Crippen LogP contribution in [0.3, 0.4) is 0 Å².